The molecule has 2 aliphatic rings. The minimum atomic E-state index is -0.0954. The molecule has 4 nitrogen and oxygen atoms in total. The van der Waals surface area contributed by atoms with Crippen LogP contribution >= 0.6 is 0 Å². The van der Waals surface area contributed by atoms with Crippen LogP contribution in [0.2, 0.25) is 0 Å². The van der Waals surface area contributed by atoms with Gasteiger partial charge in [-0.05, 0) is 61.4 Å². The van der Waals surface area contributed by atoms with E-state index in [0.29, 0.717) is 12.6 Å². The van der Waals surface area contributed by atoms with Crippen molar-refractivity contribution in [3.8, 4) is 11.5 Å². The lowest BCUT2D eigenvalue weighted by atomic mass is 9.94. The van der Waals surface area contributed by atoms with Gasteiger partial charge in [-0.15, -0.1) is 0 Å². The number of likely N-dealkylation sites (tertiary alicyclic amines) is 1. The molecule has 2 atom stereocenters. The van der Waals surface area contributed by atoms with E-state index in [2.05, 4.69) is 29.2 Å². The number of hydrogen-bond acceptors (Lipinski definition) is 3. The highest BCUT2D eigenvalue weighted by Gasteiger charge is 2.35. The van der Waals surface area contributed by atoms with E-state index in [-0.39, 0.29) is 11.8 Å². The standard InChI is InChI=1S/C23H27NO3/c1-26-21-11-12-22-18(15-21)14-19(16-27-22)23(25)24-13-5-8-20(24)10-9-17-6-3-2-4-7-17/h2-4,6-7,11-12,15,19-20H,5,8-10,13-14,16H2,1H3. The molecule has 0 N–H and O–H groups in total. The Balaban J connectivity index is 1.40. The minimum absolute atomic E-state index is 0.0954. The Labute approximate surface area is 161 Å². The third-order valence-corrected chi connectivity index (χ3v) is 5.79. The summed E-state index contributed by atoms with van der Waals surface area (Å²) < 4.78 is 11.2. The Morgan fingerprint density at radius 3 is 2.89 bits per heavy atom. The molecule has 0 spiro atoms. The lowest BCUT2D eigenvalue weighted by molar-refractivity contribution is -0.137. The number of benzene rings is 2. The van der Waals surface area contributed by atoms with Crippen LogP contribution in [0.15, 0.2) is 48.5 Å². The lowest BCUT2D eigenvalue weighted by Crippen LogP contribution is -2.43. The number of methoxy groups -OCH3 is 1. The van der Waals surface area contributed by atoms with Crippen LogP contribution in [0.3, 0.4) is 0 Å². The fourth-order valence-electron chi connectivity index (χ4n) is 4.29. The summed E-state index contributed by atoms with van der Waals surface area (Å²) in [6, 6.07) is 16.7. The molecule has 2 aliphatic heterocycles. The first-order chi connectivity index (χ1) is 13.2. The molecule has 0 saturated carbocycles. The molecule has 4 rings (SSSR count). The van der Waals surface area contributed by atoms with Crippen LogP contribution in [-0.2, 0) is 17.6 Å². The van der Waals surface area contributed by atoms with Gasteiger partial charge in [0.15, 0.2) is 0 Å². The van der Waals surface area contributed by atoms with E-state index >= 15 is 0 Å². The molecule has 1 saturated heterocycles. The second-order valence-electron chi connectivity index (χ2n) is 7.54. The van der Waals surface area contributed by atoms with E-state index in [1.54, 1.807) is 7.11 Å². The molecular formula is C23H27NO3. The molecule has 0 aliphatic carbocycles. The zero-order valence-corrected chi connectivity index (χ0v) is 15.9. The Morgan fingerprint density at radius 2 is 2.07 bits per heavy atom. The number of fused-ring (bicyclic) bond motifs is 1. The number of carbonyl (C=O) groups excluding carboxylic acids is 1. The molecule has 4 heteroatoms. The van der Waals surface area contributed by atoms with Gasteiger partial charge in [0.25, 0.3) is 0 Å². The number of amides is 1. The van der Waals surface area contributed by atoms with Crippen molar-refractivity contribution in [2.75, 3.05) is 20.3 Å². The molecule has 2 aromatic rings. The van der Waals surface area contributed by atoms with Gasteiger partial charge in [-0.3, -0.25) is 4.79 Å². The minimum Gasteiger partial charge on any atom is -0.497 e. The molecule has 0 radical (unpaired) electrons. The number of aryl methyl sites for hydroxylation is 1. The largest absolute Gasteiger partial charge is 0.497 e. The first kappa shape index (κ1) is 17.9. The SMILES string of the molecule is COc1ccc2c(c1)CC(C(=O)N1CCCC1CCc1ccccc1)CO2. The summed E-state index contributed by atoms with van der Waals surface area (Å²) in [5.74, 6) is 1.84. The van der Waals surface area contributed by atoms with Crippen molar-refractivity contribution in [3.05, 3.63) is 59.7 Å². The fourth-order valence-corrected chi connectivity index (χ4v) is 4.29. The van der Waals surface area contributed by atoms with Gasteiger partial charge in [-0.25, -0.2) is 0 Å². The number of rotatable bonds is 5. The van der Waals surface area contributed by atoms with Crippen molar-refractivity contribution in [2.24, 2.45) is 5.92 Å². The van der Waals surface area contributed by atoms with Crippen LogP contribution in [0.4, 0.5) is 0 Å². The zero-order chi connectivity index (χ0) is 18.6. The average Bonchev–Trinajstić information content (AvgIpc) is 3.20. The summed E-state index contributed by atoms with van der Waals surface area (Å²) in [4.78, 5) is 15.3. The second kappa shape index (κ2) is 8.03. The Bertz CT molecular complexity index is 789. The van der Waals surface area contributed by atoms with E-state index in [1.165, 1.54) is 5.56 Å². The van der Waals surface area contributed by atoms with E-state index in [1.807, 2.05) is 24.3 Å². The molecule has 2 aromatic carbocycles. The van der Waals surface area contributed by atoms with Gasteiger partial charge < -0.3 is 14.4 Å². The number of ether oxygens (including phenoxy) is 2. The first-order valence-electron chi connectivity index (χ1n) is 9.88. The van der Waals surface area contributed by atoms with Crippen LogP contribution in [0, 0.1) is 5.92 Å². The van der Waals surface area contributed by atoms with Gasteiger partial charge in [0.05, 0.1) is 13.0 Å². The van der Waals surface area contributed by atoms with E-state index in [0.717, 1.165) is 55.7 Å². The molecule has 0 aromatic heterocycles. The quantitative estimate of drug-likeness (QED) is 0.807. The van der Waals surface area contributed by atoms with Crippen molar-refractivity contribution < 1.29 is 14.3 Å². The average molecular weight is 365 g/mol. The van der Waals surface area contributed by atoms with Crippen molar-refractivity contribution in [2.45, 2.75) is 38.1 Å². The summed E-state index contributed by atoms with van der Waals surface area (Å²) in [7, 11) is 1.66. The van der Waals surface area contributed by atoms with Crippen LogP contribution in [0.5, 0.6) is 11.5 Å². The highest BCUT2D eigenvalue weighted by molar-refractivity contribution is 5.80. The summed E-state index contributed by atoms with van der Waals surface area (Å²) in [5.41, 5.74) is 2.41. The van der Waals surface area contributed by atoms with E-state index < -0.39 is 0 Å². The molecule has 2 unspecified atom stereocenters. The third-order valence-electron chi connectivity index (χ3n) is 5.79. The molecule has 1 fully saturated rings. The monoisotopic (exact) mass is 365 g/mol. The van der Waals surface area contributed by atoms with Gasteiger partial charge in [-0.2, -0.15) is 0 Å². The molecule has 1 amide bonds. The number of carbonyl (C=O) groups is 1. The van der Waals surface area contributed by atoms with Gasteiger partial charge in [0, 0.05) is 12.6 Å². The molecule has 2 heterocycles. The van der Waals surface area contributed by atoms with Crippen molar-refractivity contribution in [3.63, 3.8) is 0 Å². The summed E-state index contributed by atoms with van der Waals surface area (Å²) in [6.45, 7) is 1.35. The predicted molar refractivity (Wildman–Crippen MR) is 105 cm³/mol. The highest BCUT2D eigenvalue weighted by atomic mass is 16.5. The van der Waals surface area contributed by atoms with Gasteiger partial charge in [0.2, 0.25) is 5.91 Å². The van der Waals surface area contributed by atoms with Crippen molar-refractivity contribution in [1.29, 1.82) is 0 Å². The normalized spacial score (nSPS) is 21.4. The van der Waals surface area contributed by atoms with Crippen LogP contribution in [0.25, 0.3) is 0 Å². The maximum absolute atomic E-state index is 13.2. The molecule has 0 bridgehead atoms. The van der Waals surface area contributed by atoms with Gasteiger partial charge >= 0.3 is 0 Å². The molecule has 142 valence electrons. The van der Waals surface area contributed by atoms with Gasteiger partial charge in [-0.1, -0.05) is 30.3 Å². The maximum atomic E-state index is 13.2. The predicted octanol–water partition coefficient (Wildman–Crippen LogP) is 3.87. The van der Waals surface area contributed by atoms with E-state index in [9.17, 15) is 4.79 Å². The Kier molecular flexibility index (Phi) is 5.33. The zero-order valence-electron chi connectivity index (χ0n) is 15.9. The summed E-state index contributed by atoms with van der Waals surface area (Å²) in [6.07, 6.45) is 5.00. The van der Waals surface area contributed by atoms with Crippen molar-refractivity contribution in [1.82, 2.24) is 4.90 Å². The van der Waals surface area contributed by atoms with Gasteiger partial charge in [0.1, 0.15) is 18.1 Å². The first-order valence-corrected chi connectivity index (χ1v) is 9.88. The molecular weight excluding hydrogens is 338 g/mol. The highest BCUT2D eigenvalue weighted by Crippen LogP contribution is 2.33. The maximum Gasteiger partial charge on any atom is 0.229 e. The second-order valence-corrected chi connectivity index (χ2v) is 7.54. The van der Waals surface area contributed by atoms with Crippen molar-refractivity contribution >= 4 is 5.91 Å². The number of hydrogen-bond donors (Lipinski definition) is 0. The van der Waals surface area contributed by atoms with Crippen LogP contribution in [-0.4, -0.2) is 37.1 Å². The Morgan fingerprint density at radius 1 is 1.22 bits per heavy atom. The number of nitrogens with zero attached hydrogens (tertiary/aromatic N) is 1. The lowest BCUT2D eigenvalue weighted by Gasteiger charge is -2.31. The van der Waals surface area contributed by atoms with E-state index in [4.69, 9.17) is 9.47 Å². The fraction of sp³-hybridized carbons (Fsp3) is 0.435. The Hall–Kier alpha value is -2.49. The third kappa shape index (κ3) is 3.95. The van der Waals surface area contributed by atoms with Crippen LogP contribution in [0.1, 0.15) is 30.4 Å². The summed E-state index contributed by atoms with van der Waals surface area (Å²) in [5, 5.41) is 0. The molecule has 27 heavy (non-hydrogen) atoms. The summed E-state index contributed by atoms with van der Waals surface area (Å²) >= 11 is 0. The van der Waals surface area contributed by atoms with Crippen LogP contribution < -0.4 is 9.47 Å². The topological polar surface area (TPSA) is 38.8 Å². The smallest absolute Gasteiger partial charge is 0.229 e.